The number of furan rings is 1. The maximum atomic E-state index is 12.2. The van der Waals surface area contributed by atoms with Crippen LogP contribution in [0.5, 0.6) is 5.75 Å². The van der Waals surface area contributed by atoms with Gasteiger partial charge in [0.1, 0.15) is 17.3 Å². The molecule has 1 saturated heterocycles. The Labute approximate surface area is 154 Å². The Morgan fingerprint density at radius 3 is 2.70 bits per heavy atom. The van der Waals surface area contributed by atoms with Crippen molar-refractivity contribution in [3.05, 3.63) is 42.2 Å². The van der Waals surface area contributed by atoms with Crippen LogP contribution in [-0.2, 0) is 9.59 Å². The van der Waals surface area contributed by atoms with E-state index in [4.69, 9.17) is 14.9 Å². The lowest BCUT2D eigenvalue weighted by molar-refractivity contribution is -0.139. The van der Waals surface area contributed by atoms with Crippen LogP contribution >= 0.6 is 0 Å². The van der Waals surface area contributed by atoms with Crippen LogP contribution in [0.2, 0.25) is 0 Å². The maximum absolute atomic E-state index is 12.2. The molecule has 1 aliphatic heterocycles. The van der Waals surface area contributed by atoms with E-state index in [-0.39, 0.29) is 13.0 Å². The summed E-state index contributed by atoms with van der Waals surface area (Å²) in [7, 11) is 1.59. The molecule has 2 aromatic rings. The van der Waals surface area contributed by atoms with Gasteiger partial charge < -0.3 is 20.2 Å². The lowest BCUT2D eigenvalue weighted by Crippen LogP contribution is -2.38. The maximum Gasteiger partial charge on any atom is 0.333 e. The van der Waals surface area contributed by atoms with Gasteiger partial charge in [0.05, 0.1) is 13.3 Å². The third-order valence-corrected chi connectivity index (χ3v) is 3.88. The monoisotopic (exact) mass is 370 g/mol. The van der Waals surface area contributed by atoms with Crippen LogP contribution in [0.15, 0.2) is 45.8 Å². The zero-order valence-corrected chi connectivity index (χ0v) is 14.5. The zero-order valence-electron chi connectivity index (χ0n) is 14.5. The molecule has 140 valence electrons. The lowest BCUT2D eigenvalue weighted by Gasteiger charge is -2.08. The highest BCUT2D eigenvalue weighted by atomic mass is 16.5. The molecule has 4 amide bonds. The summed E-state index contributed by atoms with van der Waals surface area (Å²) in [6.45, 7) is 0.0460. The van der Waals surface area contributed by atoms with E-state index in [0.29, 0.717) is 16.4 Å². The Bertz CT molecular complexity index is 887. The van der Waals surface area contributed by atoms with Crippen LogP contribution in [0, 0.1) is 0 Å². The van der Waals surface area contributed by atoms with Crippen molar-refractivity contribution >= 4 is 24.1 Å². The van der Waals surface area contributed by atoms with Gasteiger partial charge in [-0.15, -0.1) is 0 Å². The summed E-state index contributed by atoms with van der Waals surface area (Å²) in [5.74, 6) is 0.348. The number of nitrogens with two attached hydrogens (primary N) is 1. The van der Waals surface area contributed by atoms with Crippen molar-refractivity contribution in [1.82, 2.24) is 10.2 Å². The number of nitrogens with one attached hydrogen (secondary N) is 1. The molecule has 0 bridgehead atoms. The second kappa shape index (κ2) is 7.83. The minimum absolute atomic E-state index is 0.0460. The number of urea groups is 1. The third-order valence-electron chi connectivity index (χ3n) is 3.88. The van der Waals surface area contributed by atoms with Gasteiger partial charge in [-0.2, -0.15) is 4.90 Å². The summed E-state index contributed by atoms with van der Waals surface area (Å²) in [5.41, 5.74) is 6.13. The molecule has 9 nitrogen and oxygen atoms in total. The molecule has 9 heteroatoms. The lowest BCUT2D eigenvalue weighted by atomic mass is 10.2. The number of ether oxygens (including phenoxy) is 1. The number of nitrogens with zero attached hydrogens (tertiary/aromatic N) is 2. The summed E-state index contributed by atoms with van der Waals surface area (Å²) in [6.07, 6.45) is 0.0555. The molecular weight excluding hydrogens is 352 g/mol. The summed E-state index contributed by atoms with van der Waals surface area (Å²) >= 11 is 0. The smallest absolute Gasteiger partial charge is 0.333 e. The number of benzene rings is 1. The van der Waals surface area contributed by atoms with Gasteiger partial charge in [-0.05, 0) is 36.4 Å². The van der Waals surface area contributed by atoms with Crippen LogP contribution in [0.25, 0.3) is 11.3 Å². The molecule has 1 aromatic carbocycles. The molecule has 1 aliphatic rings. The van der Waals surface area contributed by atoms with E-state index >= 15 is 0 Å². The first-order valence-corrected chi connectivity index (χ1v) is 8.18. The fourth-order valence-electron chi connectivity index (χ4n) is 2.52. The number of aliphatic imine (C=N–C) groups is 1. The summed E-state index contributed by atoms with van der Waals surface area (Å²) < 4.78 is 10.8. The van der Waals surface area contributed by atoms with Crippen LogP contribution in [0.3, 0.4) is 0 Å². The van der Waals surface area contributed by atoms with Gasteiger partial charge in [0.15, 0.2) is 0 Å². The van der Waals surface area contributed by atoms with Gasteiger partial charge in [0, 0.05) is 18.5 Å². The van der Waals surface area contributed by atoms with Gasteiger partial charge in [0.2, 0.25) is 12.1 Å². The molecule has 1 aromatic heterocycles. The highest BCUT2D eigenvalue weighted by Gasteiger charge is 2.41. The predicted molar refractivity (Wildman–Crippen MR) is 96.1 cm³/mol. The van der Waals surface area contributed by atoms with Gasteiger partial charge in [-0.1, -0.05) is 0 Å². The molecule has 27 heavy (non-hydrogen) atoms. The largest absolute Gasteiger partial charge is 0.497 e. The van der Waals surface area contributed by atoms with Crippen molar-refractivity contribution in [2.45, 2.75) is 12.6 Å². The normalized spacial score (nSPS) is 16.8. The topological polar surface area (TPSA) is 127 Å². The molecule has 1 atom stereocenters. The van der Waals surface area contributed by atoms with E-state index in [2.05, 4.69) is 10.3 Å². The van der Waals surface area contributed by atoms with Gasteiger partial charge in [0.25, 0.3) is 5.91 Å². The first kappa shape index (κ1) is 18.3. The molecule has 0 saturated carbocycles. The summed E-state index contributed by atoms with van der Waals surface area (Å²) in [5, 5.41) is 2.34. The highest BCUT2D eigenvalue weighted by molar-refractivity contribution is 6.16. The third kappa shape index (κ3) is 3.87. The number of hydrogen-bond donors (Lipinski definition) is 2. The number of carbonyl (C=O) groups excluding carboxylic acids is 3. The number of imide groups is 3. The van der Waals surface area contributed by atoms with E-state index in [1.165, 1.54) is 6.21 Å². The SMILES string of the molecule is COc1ccc(-c2ccc(C=NC3NC(=O)N(C(=O)CCN)C3=O)o2)cc1. The zero-order chi connectivity index (χ0) is 19.4. The number of rotatable bonds is 6. The van der Waals surface area contributed by atoms with Crippen LogP contribution in [0.1, 0.15) is 12.2 Å². The number of methoxy groups -OCH3 is 1. The minimum Gasteiger partial charge on any atom is -0.497 e. The Hall–Kier alpha value is -3.46. The van der Waals surface area contributed by atoms with E-state index in [9.17, 15) is 14.4 Å². The average Bonchev–Trinajstić information content (AvgIpc) is 3.24. The molecule has 0 spiro atoms. The molecule has 0 radical (unpaired) electrons. The Morgan fingerprint density at radius 1 is 1.30 bits per heavy atom. The summed E-state index contributed by atoms with van der Waals surface area (Å²) in [4.78, 5) is 40.3. The van der Waals surface area contributed by atoms with Crippen molar-refractivity contribution in [1.29, 1.82) is 0 Å². The second-order valence-electron chi connectivity index (χ2n) is 5.67. The van der Waals surface area contributed by atoms with E-state index in [1.54, 1.807) is 19.2 Å². The fraction of sp³-hybridized carbons (Fsp3) is 0.222. The molecule has 0 aliphatic carbocycles. The fourth-order valence-corrected chi connectivity index (χ4v) is 2.52. The Kier molecular flexibility index (Phi) is 5.32. The molecular formula is C18H18N4O5. The quantitative estimate of drug-likeness (QED) is 0.579. The first-order valence-electron chi connectivity index (χ1n) is 8.18. The Balaban J connectivity index is 1.70. The molecule has 3 N–H and O–H groups in total. The second-order valence-corrected chi connectivity index (χ2v) is 5.67. The standard InChI is InChI=1S/C18H18N4O5/c1-26-12-4-2-11(3-5-12)14-7-6-13(27-14)10-20-16-17(24)22(18(25)21-16)15(23)8-9-19/h2-7,10,16H,8-9,19H2,1H3,(H,21,25). The summed E-state index contributed by atoms with van der Waals surface area (Å²) in [6, 6.07) is 9.95. The molecule has 1 fully saturated rings. The van der Waals surface area contributed by atoms with Crippen molar-refractivity contribution in [3.8, 4) is 17.1 Å². The minimum atomic E-state index is -1.17. The molecule has 3 rings (SSSR count). The number of hydrogen-bond acceptors (Lipinski definition) is 7. The van der Waals surface area contributed by atoms with Crippen LogP contribution < -0.4 is 15.8 Å². The van der Waals surface area contributed by atoms with Crippen molar-refractivity contribution < 1.29 is 23.5 Å². The van der Waals surface area contributed by atoms with E-state index in [1.807, 2.05) is 24.3 Å². The number of amides is 4. The first-order chi connectivity index (χ1) is 13.0. The van der Waals surface area contributed by atoms with E-state index in [0.717, 1.165) is 11.3 Å². The van der Waals surface area contributed by atoms with Crippen molar-refractivity contribution in [2.24, 2.45) is 10.7 Å². The highest BCUT2D eigenvalue weighted by Crippen LogP contribution is 2.24. The van der Waals surface area contributed by atoms with Crippen LogP contribution in [0.4, 0.5) is 4.79 Å². The van der Waals surface area contributed by atoms with E-state index < -0.39 is 24.0 Å². The number of carbonyl (C=O) groups is 3. The molecule has 2 heterocycles. The van der Waals surface area contributed by atoms with Crippen molar-refractivity contribution in [3.63, 3.8) is 0 Å². The Morgan fingerprint density at radius 2 is 2.04 bits per heavy atom. The van der Waals surface area contributed by atoms with Gasteiger partial charge in [-0.25, -0.2) is 4.79 Å². The predicted octanol–water partition coefficient (Wildman–Crippen LogP) is 1.13. The van der Waals surface area contributed by atoms with Crippen LogP contribution in [-0.4, -0.2) is 48.8 Å². The van der Waals surface area contributed by atoms with Crippen molar-refractivity contribution in [2.75, 3.05) is 13.7 Å². The average molecular weight is 370 g/mol. The molecule has 1 unspecified atom stereocenters. The van der Waals surface area contributed by atoms with Gasteiger partial charge >= 0.3 is 6.03 Å². The van der Waals surface area contributed by atoms with Gasteiger partial charge in [-0.3, -0.25) is 14.6 Å².